The van der Waals surface area contributed by atoms with Crippen LogP contribution in [-0.4, -0.2) is 123 Å². The van der Waals surface area contributed by atoms with Gasteiger partial charge in [0.15, 0.2) is 22.8 Å². The van der Waals surface area contributed by atoms with Gasteiger partial charge in [-0.25, -0.2) is 28.6 Å². The summed E-state index contributed by atoms with van der Waals surface area (Å²) < 4.78 is 62.6. The third-order valence-electron chi connectivity index (χ3n) is 12.9. The van der Waals surface area contributed by atoms with Gasteiger partial charge in [0.25, 0.3) is 0 Å². The van der Waals surface area contributed by atoms with Crippen LogP contribution in [-0.2, 0) is 50.7 Å². The zero-order valence-corrected chi connectivity index (χ0v) is 47.7. The Balaban J connectivity index is 1.21. The lowest BCUT2D eigenvalue weighted by Gasteiger charge is -2.30. The lowest BCUT2D eigenvalue weighted by atomic mass is 9.87. The maximum atomic E-state index is 12.8. The molecule has 1 aliphatic heterocycles. The third-order valence-corrected chi connectivity index (χ3v) is 16.9. The minimum Gasteiger partial charge on any atom is -0.386 e. The van der Waals surface area contributed by atoms with Crippen molar-refractivity contribution in [1.82, 2.24) is 30.2 Å². The number of anilines is 1. The Kier molecular flexibility index (Phi) is 30.8. The number of nitrogens with one attached hydrogen (secondary N) is 2. The van der Waals surface area contributed by atoms with Crippen molar-refractivity contribution in [3.05, 3.63) is 12.7 Å². The monoisotopic (exact) mass is 1150 g/mol. The lowest BCUT2D eigenvalue weighted by Crippen LogP contribution is -2.46. The zero-order chi connectivity index (χ0) is 55.5. The number of hydrogen-bond acceptors (Lipinski definition) is 18. The van der Waals surface area contributed by atoms with Crippen molar-refractivity contribution < 1.29 is 80.5 Å². The number of ether oxygens (including phenoxy) is 1. The van der Waals surface area contributed by atoms with Crippen molar-refractivity contribution >= 4 is 69.1 Å². The van der Waals surface area contributed by atoms with Gasteiger partial charge in [-0.2, -0.15) is 4.31 Å². The summed E-state index contributed by atoms with van der Waals surface area (Å²) in [6, 6.07) is 0. The minimum absolute atomic E-state index is 0.0346. The number of phosphoric acid groups is 3. The first-order chi connectivity index (χ1) is 35.4. The molecule has 1 saturated heterocycles. The number of nitrogens with two attached hydrogens (primary N) is 1. The van der Waals surface area contributed by atoms with Gasteiger partial charge >= 0.3 is 23.5 Å². The molecule has 0 radical (unpaired) electrons. The Bertz CT molecular complexity index is 2160. The van der Waals surface area contributed by atoms with Crippen LogP contribution in [0.2, 0.25) is 0 Å². The smallest absolute Gasteiger partial charge is 0.386 e. The third kappa shape index (κ3) is 26.8. The molecule has 2 amide bonds. The van der Waals surface area contributed by atoms with Crippen LogP contribution < -0.4 is 16.4 Å². The van der Waals surface area contributed by atoms with Gasteiger partial charge in [-0.15, -0.1) is 0 Å². The summed E-state index contributed by atoms with van der Waals surface area (Å²) in [4.78, 5) is 88.7. The van der Waals surface area contributed by atoms with Gasteiger partial charge in [-0.3, -0.25) is 32.5 Å². The molecule has 24 nitrogen and oxygen atoms in total. The van der Waals surface area contributed by atoms with Gasteiger partial charge in [0.05, 0.1) is 19.5 Å². The van der Waals surface area contributed by atoms with Gasteiger partial charge in [-0.1, -0.05) is 168 Å². The molecule has 432 valence electrons. The van der Waals surface area contributed by atoms with E-state index in [2.05, 4.69) is 48.3 Å². The molecular formula is C47H86N7O17P3S. The average Bonchev–Trinajstić information content (AvgIpc) is 3.90. The Morgan fingerprint density at radius 3 is 1.95 bits per heavy atom. The summed E-state index contributed by atoms with van der Waals surface area (Å²) in [5, 5.41) is 26.8. The first-order valence-electron chi connectivity index (χ1n) is 26.5. The summed E-state index contributed by atoms with van der Waals surface area (Å²) in [7, 11) is -16.4. The number of imidazole rings is 1. The predicted molar refractivity (Wildman–Crippen MR) is 284 cm³/mol. The Labute approximate surface area is 446 Å². The van der Waals surface area contributed by atoms with E-state index in [1.807, 2.05) is 0 Å². The summed E-state index contributed by atoms with van der Waals surface area (Å²) in [6.45, 7) is 5.28. The molecule has 0 saturated carbocycles. The standard InChI is InChI=1S/C47H86N7O17P3S/c1-5-6-7-8-15-18-21-24-35(2)25-22-19-16-13-11-9-10-12-14-17-20-23-26-38(56)75-30-29-49-37(55)27-28-50-45(59)42(58)47(3,4)32-68-74(65,66)71-73(63,64)67-31-36-41(70-72(60,61)62)40(57)46(69-36)54-34-53-39-43(48)51-33-52-44(39)54/h33-36,40-42,46,57-58H,5-32H2,1-4H3,(H,49,55)(H,50,59)(H,63,64)(H,65,66)(H2,48,51,52)(H2,60,61,62). The number of aromatic nitrogens is 4. The summed E-state index contributed by atoms with van der Waals surface area (Å²) in [5.41, 5.74) is 4.30. The van der Waals surface area contributed by atoms with Crippen molar-refractivity contribution in [2.75, 3.05) is 37.8 Å². The first kappa shape index (κ1) is 66.8. The maximum Gasteiger partial charge on any atom is 0.481 e. The number of rotatable bonds is 42. The van der Waals surface area contributed by atoms with Crippen LogP contribution in [0.5, 0.6) is 0 Å². The Hall–Kier alpha value is -2.44. The van der Waals surface area contributed by atoms with E-state index in [0.29, 0.717) is 12.2 Å². The molecule has 10 N–H and O–H groups in total. The van der Waals surface area contributed by atoms with Gasteiger partial charge < -0.3 is 50.9 Å². The van der Waals surface area contributed by atoms with Crippen LogP contribution >= 0.6 is 35.2 Å². The van der Waals surface area contributed by atoms with Crippen LogP contribution in [0, 0.1) is 11.3 Å². The van der Waals surface area contributed by atoms with E-state index >= 15 is 0 Å². The Morgan fingerprint density at radius 2 is 1.36 bits per heavy atom. The highest BCUT2D eigenvalue weighted by Gasteiger charge is 2.50. The van der Waals surface area contributed by atoms with Gasteiger partial charge in [0, 0.05) is 37.1 Å². The molecular weight excluding hydrogens is 1060 g/mol. The zero-order valence-electron chi connectivity index (χ0n) is 44.2. The molecule has 1 aliphatic rings. The van der Waals surface area contributed by atoms with Crippen molar-refractivity contribution in [3.8, 4) is 0 Å². The van der Waals surface area contributed by atoms with Gasteiger partial charge in [0.1, 0.15) is 36.3 Å². The van der Waals surface area contributed by atoms with Gasteiger partial charge in [0.2, 0.25) is 11.8 Å². The number of phosphoric ester groups is 3. The number of aliphatic hydroxyl groups is 2. The molecule has 8 unspecified atom stereocenters. The molecule has 0 bridgehead atoms. The molecule has 0 spiro atoms. The Morgan fingerprint density at radius 1 is 0.800 bits per heavy atom. The van der Waals surface area contributed by atoms with Crippen LogP contribution in [0.15, 0.2) is 12.7 Å². The van der Waals surface area contributed by atoms with Crippen molar-refractivity contribution in [1.29, 1.82) is 0 Å². The number of fused-ring (bicyclic) bond motifs is 1. The number of aliphatic hydroxyl groups excluding tert-OH is 2. The predicted octanol–water partition coefficient (Wildman–Crippen LogP) is 7.90. The van der Waals surface area contributed by atoms with E-state index < -0.39 is 84.6 Å². The van der Waals surface area contributed by atoms with E-state index in [-0.39, 0.29) is 41.6 Å². The fourth-order valence-corrected chi connectivity index (χ4v) is 12.0. The SMILES string of the molecule is CCCCCCCCCC(C)CCCCCCCCCCCCCCC(=O)SCCNC(=O)CCNC(=O)C(O)C(C)(C)COP(=O)(O)OP(=O)(O)OCC1OC(n2cnc3c(N)ncnc32)C(O)C1OP(=O)(O)O. The normalized spacial score (nSPS) is 19.7. The second kappa shape index (κ2) is 34.5. The molecule has 3 heterocycles. The molecule has 8 atom stereocenters. The molecule has 28 heteroatoms. The first-order valence-corrected chi connectivity index (χ1v) is 32.0. The molecule has 3 rings (SSSR count). The molecule has 2 aromatic heterocycles. The van der Waals surface area contributed by atoms with E-state index in [9.17, 15) is 57.9 Å². The minimum atomic E-state index is -5.58. The maximum absolute atomic E-state index is 12.8. The van der Waals surface area contributed by atoms with Crippen LogP contribution in [0.3, 0.4) is 0 Å². The summed E-state index contributed by atoms with van der Waals surface area (Å²) in [5.74, 6) is -0.147. The topological polar surface area (TPSA) is 364 Å². The van der Waals surface area contributed by atoms with Crippen LogP contribution in [0.1, 0.15) is 182 Å². The number of thioether (sulfide) groups is 1. The van der Waals surface area contributed by atoms with Crippen molar-refractivity contribution in [2.45, 2.75) is 206 Å². The number of nitrogens with zero attached hydrogens (tertiary/aromatic N) is 4. The number of amides is 2. The fraction of sp³-hybridized carbons (Fsp3) is 0.830. The van der Waals surface area contributed by atoms with Crippen molar-refractivity contribution in [3.63, 3.8) is 0 Å². The summed E-state index contributed by atoms with van der Waals surface area (Å²) >= 11 is 1.16. The van der Waals surface area contributed by atoms with Crippen molar-refractivity contribution in [2.24, 2.45) is 11.3 Å². The van der Waals surface area contributed by atoms with Gasteiger partial charge in [-0.05, 0) is 12.3 Å². The highest BCUT2D eigenvalue weighted by atomic mass is 32.2. The number of carbonyl (C=O) groups is 3. The largest absolute Gasteiger partial charge is 0.481 e. The summed E-state index contributed by atoms with van der Waals surface area (Å²) in [6.07, 6.45) is 20.8. The fourth-order valence-electron chi connectivity index (χ4n) is 8.49. The van der Waals surface area contributed by atoms with Crippen LogP contribution in [0.4, 0.5) is 5.82 Å². The van der Waals surface area contributed by atoms with E-state index in [1.54, 1.807) is 0 Å². The average molecular weight is 1150 g/mol. The van der Waals surface area contributed by atoms with E-state index in [4.69, 9.17) is 19.5 Å². The quantitative estimate of drug-likeness (QED) is 0.0225. The molecule has 0 aliphatic carbocycles. The second-order valence-electron chi connectivity index (χ2n) is 20.1. The molecule has 1 fully saturated rings. The molecule has 0 aromatic carbocycles. The van der Waals surface area contributed by atoms with Crippen LogP contribution in [0.25, 0.3) is 11.2 Å². The number of unbranched alkanes of at least 4 members (excludes halogenated alkanes) is 17. The molecule has 75 heavy (non-hydrogen) atoms. The second-order valence-corrected chi connectivity index (χ2v) is 25.5. The highest BCUT2D eigenvalue weighted by Crippen LogP contribution is 2.61. The molecule has 2 aromatic rings. The van der Waals surface area contributed by atoms with E-state index in [1.165, 1.54) is 129 Å². The highest BCUT2D eigenvalue weighted by molar-refractivity contribution is 8.13. The number of carbonyl (C=O) groups excluding carboxylic acids is 3. The number of hydrogen-bond donors (Lipinski definition) is 9. The number of nitrogen functional groups attached to an aromatic ring is 1. The van der Waals surface area contributed by atoms with E-state index in [0.717, 1.165) is 54.2 Å². The lowest BCUT2D eigenvalue weighted by molar-refractivity contribution is -0.137.